The third-order valence-corrected chi connectivity index (χ3v) is 1.72. The smallest absolute Gasteiger partial charge is 0.341 e. The van der Waals surface area contributed by atoms with Gasteiger partial charge in [-0.2, -0.15) is 5.10 Å². The number of aromatic nitrogens is 2. The lowest BCUT2D eigenvalue weighted by atomic mass is 10.2. The van der Waals surface area contributed by atoms with Crippen molar-refractivity contribution in [2.45, 2.75) is 0 Å². The van der Waals surface area contributed by atoms with Gasteiger partial charge in [0.25, 0.3) is 0 Å². The van der Waals surface area contributed by atoms with E-state index < -0.39 is 5.97 Å². The highest BCUT2D eigenvalue weighted by Crippen LogP contribution is 2.10. The Kier molecular flexibility index (Phi) is 3.17. The summed E-state index contributed by atoms with van der Waals surface area (Å²) in [4.78, 5) is 21.3. The lowest BCUT2D eigenvalue weighted by Crippen LogP contribution is -2.03. The fourth-order valence-electron chi connectivity index (χ4n) is 1.04. The number of ether oxygens (including phenoxy) is 1. The van der Waals surface area contributed by atoms with E-state index in [0.717, 1.165) is 0 Å². The van der Waals surface area contributed by atoms with Crippen LogP contribution in [0.4, 0.5) is 0 Å². The number of aldehydes is 1. The highest BCUT2D eigenvalue weighted by atomic mass is 16.5. The van der Waals surface area contributed by atoms with E-state index in [1.807, 2.05) is 0 Å². The maximum atomic E-state index is 11.2. The minimum absolute atomic E-state index is 0.341. The summed E-state index contributed by atoms with van der Waals surface area (Å²) in [5.41, 5.74) is 0.886. The van der Waals surface area contributed by atoms with E-state index in [4.69, 9.17) is 0 Å². The molecule has 5 nitrogen and oxygen atoms in total. The monoisotopic (exact) mass is 194 g/mol. The van der Waals surface area contributed by atoms with Gasteiger partial charge in [0.05, 0.1) is 19.0 Å². The molecule has 1 rings (SSSR count). The molecule has 0 N–H and O–H groups in total. The Bertz CT molecular complexity index is 379. The lowest BCUT2D eigenvalue weighted by molar-refractivity contribution is -0.104. The molecule has 5 heteroatoms. The molecule has 0 aliphatic carbocycles. The first kappa shape index (κ1) is 10.2. The van der Waals surface area contributed by atoms with Crippen molar-refractivity contribution in [1.82, 2.24) is 9.78 Å². The molecule has 1 aromatic heterocycles. The van der Waals surface area contributed by atoms with Crippen LogP contribution in [-0.4, -0.2) is 29.1 Å². The molecule has 0 atom stereocenters. The first-order valence-electron chi connectivity index (χ1n) is 3.93. The Balaban J connectivity index is 3.11. The quantitative estimate of drug-likeness (QED) is 0.397. The average Bonchev–Trinajstić information content (AvgIpc) is 2.56. The van der Waals surface area contributed by atoms with Crippen LogP contribution < -0.4 is 0 Å². The van der Waals surface area contributed by atoms with E-state index in [0.29, 0.717) is 17.5 Å². The Morgan fingerprint density at radius 3 is 2.93 bits per heavy atom. The van der Waals surface area contributed by atoms with Gasteiger partial charge in [-0.1, -0.05) is 0 Å². The topological polar surface area (TPSA) is 61.2 Å². The van der Waals surface area contributed by atoms with Gasteiger partial charge in [-0.25, -0.2) is 4.79 Å². The van der Waals surface area contributed by atoms with Gasteiger partial charge in [-0.3, -0.25) is 9.48 Å². The number of nitrogens with zero attached hydrogens (tertiary/aromatic N) is 2. The van der Waals surface area contributed by atoms with Gasteiger partial charge in [0.1, 0.15) is 11.8 Å². The molecule has 14 heavy (non-hydrogen) atoms. The second-order valence-electron chi connectivity index (χ2n) is 2.55. The van der Waals surface area contributed by atoms with Crippen LogP contribution in [-0.2, 0) is 16.6 Å². The number of rotatable bonds is 3. The number of hydrogen-bond donors (Lipinski definition) is 0. The predicted molar refractivity (Wildman–Crippen MR) is 49.6 cm³/mol. The minimum atomic E-state index is -0.469. The molecule has 1 heterocycles. The van der Waals surface area contributed by atoms with Gasteiger partial charge in [-0.15, -0.1) is 0 Å². The fourth-order valence-corrected chi connectivity index (χ4v) is 1.04. The van der Waals surface area contributed by atoms with Crippen LogP contribution in [0.5, 0.6) is 0 Å². The van der Waals surface area contributed by atoms with Crippen LogP contribution in [0.2, 0.25) is 0 Å². The number of allylic oxidation sites excluding steroid dienone is 1. The molecule has 0 aliphatic rings. The third kappa shape index (κ3) is 1.87. The second-order valence-corrected chi connectivity index (χ2v) is 2.55. The number of hydrogen-bond acceptors (Lipinski definition) is 4. The summed E-state index contributed by atoms with van der Waals surface area (Å²) in [6.45, 7) is 0. The summed E-state index contributed by atoms with van der Waals surface area (Å²) in [5, 5.41) is 3.89. The van der Waals surface area contributed by atoms with Crippen LogP contribution in [0.3, 0.4) is 0 Å². The first-order chi connectivity index (χ1) is 6.70. The van der Waals surface area contributed by atoms with E-state index in [9.17, 15) is 9.59 Å². The Labute approximate surface area is 81.0 Å². The van der Waals surface area contributed by atoms with Crippen molar-refractivity contribution >= 4 is 18.3 Å². The van der Waals surface area contributed by atoms with Gasteiger partial charge in [0, 0.05) is 7.05 Å². The van der Waals surface area contributed by atoms with E-state index in [-0.39, 0.29) is 0 Å². The molecule has 0 fully saturated rings. The third-order valence-electron chi connectivity index (χ3n) is 1.72. The largest absolute Gasteiger partial charge is 0.465 e. The molecule has 0 spiro atoms. The number of aryl methyl sites for hydroxylation is 1. The summed E-state index contributed by atoms with van der Waals surface area (Å²) in [7, 11) is 2.97. The van der Waals surface area contributed by atoms with Gasteiger partial charge < -0.3 is 4.74 Å². The van der Waals surface area contributed by atoms with Gasteiger partial charge in [0.15, 0.2) is 0 Å². The first-order valence-corrected chi connectivity index (χ1v) is 3.93. The molecule has 1 aromatic rings. The summed E-state index contributed by atoms with van der Waals surface area (Å²) >= 11 is 0. The molecule has 0 saturated carbocycles. The zero-order valence-corrected chi connectivity index (χ0v) is 7.93. The zero-order valence-electron chi connectivity index (χ0n) is 7.93. The van der Waals surface area contributed by atoms with Crippen LogP contribution in [0.25, 0.3) is 6.08 Å². The highest BCUT2D eigenvalue weighted by molar-refractivity contribution is 5.93. The van der Waals surface area contributed by atoms with Gasteiger partial charge in [0.2, 0.25) is 0 Å². The number of esters is 1. The average molecular weight is 194 g/mol. The second kappa shape index (κ2) is 4.36. The molecular weight excluding hydrogens is 184 g/mol. The van der Waals surface area contributed by atoms with Crippen LogP contribution in [0.1, 0.15) is 16.1 Å². The maximum absolute atomic E-state index is 11.2. The van der Waals surface area contributed by atoms with Crippen LogP contribution in [0.15, 0.2) is 12.3 Å². The molecule has 0 radical (unpaired) electrons. The maximum Gasteiger partial charge on any atom is 0.341 e. The minimum Gasteiger partial charge on any atom is -0.465 e. The lowest BCUT2D eigenvalue weighted by Gasteiger charge is -1.98. The number of carbonyl (C=O) groups is 2. The SMILES string of the molecule is COC(=O)c1cnn(C)c1/C=C/C=O. The molecule has 0 bridgehead atoms. The summed E-state index contributed by atoms with van der Waals surface area (Å²) in [6, 6.07) is 0. The molecule has 0 saturated heterocycles. The summed E-state index contributed by atoms with van der Waals surface area (Å²) in [5.74, 6) is -0.469. The Morgan fingerprint density at radius 2 is 2.36 bits per heavy atom. The number of carbonyl (C=O) groups excluding carboxylic acids is 2. The van der Waals surface area contributed by atoms with Crippen molar-refractivity contribution in [2.24, 2.45) is 7.05 Å². The van der Waals surface area contributed by atoms with Crippen molar-refractivity contribution in [2.75, 3.05) is 7.11 Å². The molecule has 0 aliphatic heterocycles. The Morgan fingerprint density at radius 1 is 1.64 bits per heavy atom. The van der Waals surface area contributed by atoms with Crippen LogP contribution >= 0.6 is 0 Å². The Hall–Kier alpha value is -1.91. The number of methoxy groups -OCH3 is 1. The van der Waals surface area contributed by atoms with E-state index >= 15 is 0 Å². The summed E-state index contributed by atoms with van der Waals surface area (Å²) in [6.07, 6.45) is 4.83. The zero-order chi connectivity index (χ0) is 10.6. The molecule has 74 valence electrons. The van der Waals surface area contributed by atoms with Crippen molar-refractivity contribution in [3.63, 3.8) is 0 Å². The van der Waals surface area contributed by atoms with E-state index in [1.165, 1.54) is 30.1 Å². The molecule has 0 unspecified atom stereocenters. The van der Waals surface area contributed by atoms with E-state index in [1.54, 1.807) is 7.05 Å². The van der Waals surface area contributed by atoms with E-state index in [2.05, 4.69) is 9.84 Å². The van der Waals surface area contributed by atoms with Crippen molar-refractivity contribution in [1.29, 1.82) is 0 Å². The predicted octanol–water partition coefficient (Wildman–Crippen LogP) is 0.419. The fraction of sp³-hybridized carbons (Fsp3) is 0.222. The normalized spacial score (nSPS) is 10.4. The molecule has 0 aromatic carbocycles. The highest BCUT2D eigenvalue weighted by Gasteiger charge is 2.13. The van der Waals surface area contributed by atoms with Crippen molar-refractivity contribution < 1.29 is 14.3 Å². The van der Waals surface area contributed by atoms with Gasteiger partial charge in [-0.05, 0) is 12.2 Å². The summed E-state index contributed by atoms with van der Waals surface area (Å²) < 4.78 is 6.05. The molecular formula is C9H10N2O3. The van der Waals surface area contributed by atoms with Gasteiger partial charge >= 0.3 is 5.97 Å². The van der Waals surface area contributed by atoms with Crippen molar-refractivity contribution in [3.05, 3.63) is 23.5 Å². The van der Waals surface area contributed by atoms with Crippen molar-refractivity contribution in [3.8, 4) is 0 Å². The van der Waals surface area contributed by atoms with Crippen LogP contribution in [0, 0.1) is 0 Å². The standard InChI is InChI=1S/C9H10N2O3/c1-11-8(4-3-5-12)7(6-10-11)9(13)14-2/h3-6H,1-2H3/b4-3+. The molecule has 0 amide bonds.